The molecule has 0 saturated carbocycles. The first-order valence-electron chi connectivity index (χ1n) is 9.89. The van der Waals surface area contributed by atoms with Gasteiger partial charge in [-0.1, -0.05) is 30.0 Å². The molecule has 1 fully saturated rings. The molecule has 4 rings (SSSR count). The number of nitrogens with zero attached hydrogens (tertiary/aromatic N) is 4. The molecule has 0 aliphatic carbocycles. The van der Waals surface area contributed by atoms with E-state index in [-0.39, 0.29) is 17.4 Å². The second kappa shape index (κ2) is 9.09. The van der Waals surface area contributed by atoms with E-state index in [4.69, 9.17) is 4.98 Å². The summed E-state index contributed by atoms with van der Waals surface area (Å²) in [6, 6.07) is 6.88. The van der Waals surface area contributed by atoms with Gasteiger partial charge >= 0.3 is 0 Å². The molecular formula is C21H23N5O2S2. The Hall–Kier alpha value is -2.52. The van der Waals surface area contributed by atoms with Crippen LogP contribution in [0.1, 0.15) is 37.0 Å². The largest absolute Gasteiger partial charge is 0.348 e. The third-order valence-electron chi connectivity index (χ3n) is 4.99. The minimum absolute atomic E-state index is 0.000789. The van der Waals surface area contributed by atoms with Crippen molar-refractivity contribution in [2.24, 2.45) is 5.92 Å². The quantitative estimate of drug-likeness (QED) is 0.347. The molecule has 1 N–H and O–H groups in total. The molecule has 156 valence electrons. The van der Waals surface area contributed by atoms with E-state index in [2.05, 4.69) is 27.1 Å². The number of hydrogen-bond donors (Lipinski definition) is 1. The van der Waals surface area contributed by atoms with E-state index < -0.39 is 0 Å². The van der Waals surface area contributed by atoms with Gasteiger partial charge in [-0.2, -0.15) is 4.98 Å². The van der Waals surface area contributed by atoms with Crippen LogP contribution in [0.4, 0.5) is 10.8 Å². The minimum Gasteiger partial charge on any atom is -0.348 e. The molecule has 0 spiro atoms. The Labute approximate surface area is 183 Å². The Morgan fingerprint density at radius 2 is 2.07 bits per heavy atom. The highest BCUT2D eigenvalue weighted by Crippen LogP contribution is 2.35. The number of hydrogen-bond acceptors (Lipinski definition) is 8. The number of aromatic nitrogens is 3. The Morgan fingerprint density at radius 1 is 1.27 bits per heavy atom. The maximum Gasteiger partial charge on any atom is 0.234 e. The van der Waals surface area contributed by atoms with Gasteiger partial charge in [0.25, 0.3) is 0 Å². The van der Waals surface area contributed by atoms with Crippen LogP contribution in [-0.2, 0) is 4.79 Å². The number of benzene rings is 1. The third kappa shape index (κ3) is 4.79. The first-order valence-corrected chi connectivity index (χ1v) is 11.7. The molecule has 1 amide bonds. The highest BCUT2D eigenvalue weighted by Gasteiger charge is 2.21. The third-order valence-corrected chi connectivity index (χ3v) is 7.22. The number of thiazole rings is 1. The number of anilines is 2. The van der Waals surface area contributed by atoms with Crippen molar-refractivity contribution in [2.45, 2.75) is 31.7 Å². The van der Waals surface area contributed by atoms with Gasteiger partial charge < -0.3 is 10.2 Å². The van der Waals surface area contributed by atoms with E-state index in [9.17, 15) is 9.59 Å². The number of fused-ring (bicyclic) bond motifs is 1. The molecule has 0 radical (unpaired) electrons. The molecule has 1 aromatic carbocycles. The van der Waals surface area contributed by atoms with Crippen molar-refractivity contribution in [1.29, 1.82) is 0 Å². The van der Waals surface area contributed by atoms with Gasteiger partial charge in [0, 0.05) is 24.3 Å². The number of Topliss-reactive ketones (excluding diaryl/α,β-unsaturated/α-hetero) is 1. The van der Waals surface area contributed by atoms with Crippen molar-refractivity contribution >= 4 is 56.0 Å². The van der Waals surface area contributed by atoms with Crippen LogP contribution >= 0.6 is 23.1 Å². The number of piperidine rings is 1. The number of carbonyl (C=O) groups excluding carboxylic acids is 2. The second-order valence-electron chi connectivity index (χ2n) is 7.49. The Balaban J connectivity index is 1.42. The number of carbonyl (C=O) groups is 2. The average Bonchev–Trinajstić information content (AvgIpc) is 3.18. The molecule has 7 nitrogen and oxygen atoms in total. The zero-order valence-corrected chi connectivity index (χ0v) is 18.6. The average molecular weight is 442 g/mol. The topological polar surface area (TPSA) is 88.1 Å². The number of thioether (sulfide) groups is 1. The molecule has 2 aromatic heterocycles. The SMILES string of the molecule is CC(=O)c1ccc(NC(=O)CSc2ncnc3nc(N4CCCC(C)C4)sc23)cc1. The molecule has 1 aliphatic rings. The second-order valence-corrected chi connectivity index (χ2v) is 9.43. The van der Waals surface area contributed by atoms with Gasteiger partial charge in [0.2, 0.25) is 5.91 Å². The lowest BCUT2D eigenvalue weighted by Crippen LogP contribution is -2.34. The number of amides is 1. The summed E-state index contributed by atoms with van der Waals surface area (Å²) < 4.78 is 0.925. The van der Waals surface area contributed by atoms with Gasteiger partial charge in [0.15, 0.2) is 16.6 Å². The summed E-state index contributed by atoms with van der Waals surface area (Å²) >= 11 is 2.98. The van der Waals surface area contributed by atoms with Crippen LogP contribution in [0.15, 0.2) is 35.6 Å². The van der Waals surface area contributed by atoms with E-state index in [0.717, 1.165) is 27.9 Å². The van der Waals surface area contributed by atoms with Crippen LogP contribution in [0.2, 0.25) is 0 Å². The molecule has 3 aromatic rings. The lowest BCUT2D eigenvalue weighted by atomic mass is 10.0. The van der Waals surface area contributed by atoms with Crippen LogP contribution in [0, 0.1) is 5.92 Å². The van der Waals surface area contributed by atoms with Crippen molar-refractivity contribution in [1.82, 2.24) is 15.0 Å². The zero-order valence-electron chi connectivity index (χ0n) is 16.9. The Bertz CT molecular complexity index is 1070. The number of rotatable bonds is 6. The lowest BCUT2D eigenvalue weighted by molar-refractivity contribution is -0.113. The molecule has 1 unspecified atom stereocenters. The molecule has 1 atom stereocenters. The fraction of sp³-hybridized carbons (Fsp3) is 0.381. The molecule has 0 bridgehead atoms. The van der Waals surface area contributed by atoms with Gasteiger partial charge in [0.05, 0.1) is 5.75 Å². The van der Waals surface area contributed by atoms with E-state index in [1.54, 1.807) is 35.6 Å². The van der Waals surface area contributed by atoms with E-state index in [0.29, 0.717) is 22.8 Å². The lowest BCUT2D eigenvalue weighted by Gasteiger charge is -2.30. The van der Waals surface area contributed by atoms with Crippen molar-refractivity contribution in [3.05, 3.63) is 36.2 Å². The summed E-state index contributed by atoms with van der Waals surface area (Å²) in [5.74, 6) is 0.768. The van der Waals surface area contributed by atoms with E-state index >= 15 is 0 Å². The van der Waals surface area contributed by atoms with Crippen LogP contribution in [-0.4, -0.2) is 45.5 Å². The van der Waals surface area contributed by atoms with Crippen LogP contribution in [0.25, 0.3) is 10.3 Å². The van der Waals surface area contributed by atoms with E-state index in [1.807, 2.05) is 0 Å². The highest BCUT2D eigenvalue weighted by atomic mass is 32.2. The monoisotopic (exact) mass is 441 g/mol. The molecule has 3 heterocycles. The molecule has 1 aliphatic heterocycles. The molecule has 9 heteroatoms. The Kier molecular flexibility index (Phi) is 6.29. The number of ketones is 1. The summed E-state index contributed by atoms with van der Waals surface area (Å²) in [5, 5.41) is 4.61. The van der Waals surface area contributed by atoms with Gasteiger partial charge in [-0.05, 0) is 49.9 Å². The van der Waals surface area contributed by atoms with Crippen LogP contribution in [0.3, 0.4) is 0 Å². The van der Waals surface area contributed by atoms with Crippen molar-refractivity contribution in [3.63, 3.8) is 0 Å². The predicted molar refractivity (Wildman–Crippen MR) is 122 cm³/mol. The minimum atomic E-state index is -0.128. The first-order chi connectivity index (χ1) is 14.5. The smallest absolute Gasteiger partial charge is 0.234 e. The summed E-state index contributed by atoms with van der Waals surface area (Å²) in [6.07, 6.45) is 3.94. The first kappa shape index (κ1) is 20.7. The van der Waals surface area contributed by atoms with Crippen LogP contribution < -0.4 is 10.2 Å². The Morgan fingerprint density at radius 3 is 2.80 bits per heavy atom. The summed E-state index contributed by atoms with van der Waals surface area (Å²) in [7, 11) is 0. The van der Waals surface area contributed by atoms with Gasteiger partial charge in [-0.3, -0.25) is 9.59 Å². The van der Waals surface area contributed by atoms with Gasteiger partial charge in [-0.25, -0.2) is 9.97 Å². The zero-order chi connectivity index (χ0) is 21.1. The molecule has 1 saturated heterocycles. The maximum absolute atomic E-state index is 12.4. The fourth-order valence-corrected chi connectivity index (χ4v) is 5.37. The fourth-order valence-electron chi connectivity index (χ4n) is 3.44. The van der Waals surface area contributed by atoms with Crippen molar-refractivity contribution in [2.75, 3.05) is 29.1 Å². The van der Waals surface area contributed by atoms with Gasteiger partial charge in [0.1, 0.15) is 16.1 Å². The maximum atomic E-state index is 12.4. The van der Waals surface area contributed by atoms with Crippen LogP contribution in [0.5, 0.6) is 0 Å². The predicted octanol–water partition coefficient (Wildman–Crippen LogP) is 4.26. The summed E-state index contributed by atoms with van der Waals surface area (Å²) in [4.78, 5) is 39.4. The number of nitrogens with one attached hydrogen (secondary N) is 1. The highest BCUT2D eigenvalue weighted by molar-refractivity contribution is 8.00. The normalized spacial score (nSPS) is 16.6. The van der Waals surface area contributed by atoms with E-state index in [1.165, 1.54) is 37.9 Å². The van der Waals surface area contributed by atoms with Gasteiger partial charge in [-0.15, -0.1) is 0 Å². The standard InChI is InChI=1S/C21H23N5O2S2/c1-13-4-3-9-26(10-13)21-25-19-18(30-21)20(23-12-22-19)29-11-17(28)24-16-7-5-15(6-8-16)14(2)27/h5-8,12-13H,3-4,9-11H2,1-2H3,(H,24,28). The summed E-state index contributed by atoms with van der Waals surface area (Å²) in [6.45, 7) is 5.82. The molecule has 30 heavy (non-hydrogen) atoms. The van der Waals surface area contributed by atoms with Crippen molar-refractivity contribution < 1.29 is 9.59 Å². The molecular weight excluding hydrogens is 418 g/mol. The summed E-state index contributed by atoms with van der Waals surface area (Å²) in [5.41, 5.74) is 1.97. The van der Waals surface area contributed by atoms with Crippen molar-refractivity contribution in [3.8, 4) is 0 Å².